The highest BCUT2D eigenvalue weighted by molar-refractivity contribution is 5.94. The van der Waals surface area contributed by atoms with Gasteiger partial charge in [-0.05, 0) is 24.6 Å². The third-order valence-corrected chi connectivity index (χ3v) is 2.95. The molecule has 1 aromatic rings. The molecule has 2 rings (SSSR count). The molecular formula is C14H20N4O. The maximum absolute atomic E-state index is 11.9. The van der Waals surface area contributed by atoms with Gasteiger partial charge in [0.2, 0.25) is 0 Å². The van der Waals surface area contributed by atoms with Crippen molar-refractivity contribution in [3.8, 4) is 0 Å². The van der Waals surface area contributed by atoms with Gasteiger partial charge < -0.3 is 15.5 Å². The zero-order valence-electron chi connectivity index (χ0n) is 11.6. The lowest BCUT2D eigenvalue weighted by Crippen LogP contribution is -2.37. The third-order valence-electron chi connectivity index (χ3n) is 2.95. The first-order valence-electron chi connectivity index (χ1n) is 6.41. The molecule has 5 heteroatoms. The van der Waals surface area contributed by atoms with E-state index >= 15 is 0 Å². The van der Waals surface area contributed by atoms with Crippen molar-refractivity contribution < 1.29 is 4.79 Å². The predicted molar refractivity (Wildman–Crippen MR) is 76.2 cm³/mol. The average molecular weight is 260 g/mol. The summed E-state index contributed by atoms with van der Waals surface area (Å²) in [6.45, 7) is 3.56. The van der Waals surface area contributed by atoms with Gasteiger partial charge in [-0.15, -0.1) is 0 Å². The summed E-state index contributed by atoms with van der Waals surface area (Å²) in [5.41, 5.74) is 1.77. The number of nitrogens with zero attached hydrogens (tertiary/aromatic N) is 2. The van der Waals surface area contributed by atoms with Crippen LogP contribution in [0.25, 0.3) is 0 Å². The molecule has 19 heavy (non-hydrogen) atoms. The zero-order chi connectivity index (χ0) is 13.8. The van der Waals surface area contributed by atoms with Crippen LogP contribution in [0.3, 0.4) is 0 Å². The smallest absolute Gasteiger partial charge is 0.253 e. The standard InChI is InChI=1S/C14H20N4O/c1-10-8-15-14(17-10)16-9-11-5-4-6-12(7-11)13(19)18(2)3/h4-7,10H,8-9H2,1-3H3,(H2,15,16,17). The molecule has 5 nitrogen and oxygen atoms in total. The van der Waals surface area contributed by atoms with Gasteiger partial charge in [-0.2, -0.15) is 0 Å². The topological polar surface area (TPSA) is 56.7 Å². The molecule has 1 unspecified atom stereocenters. The third kappa shape index (κ3) is 3.47. The number of aliphatic imine (C=N–C) groups is 1. The van der Waals surface area contributed by atoms with E-state index in [0.717, 1.165) is 18.1 Å². The van der Waals surface area contributed by atoms with Crippen LogP contribution in [0.1, 0.15) is 22.8 Å². The van der Waals surface area contributed by atoms with E-state index in [-0.39, 0.29) is 5.91 Å². The van der Waals surface area contributed by atoms with Gasteiger partial charge in [-0.1, -0.05) is 12.1 Å². The van der Waals surface area contributed by atoms with Crippen molar-refractivity contribution in [1.82, 2.24) is 15.5 Å². The molecule has 0 fully saturated rings. The zero-order valence-corrected chi connectivity index (χ0v) is 11.6. The highest BCUT2D eigenvalue weighted by Gasteiger charge is 2.12. The van der Waals surface area contributed by atoms with Crippen molar-refractivity contribution in [2.45, 2.75) is 19.5 Å². The fourth-order valence-corrected chi connectivity index (χ4v) is 1.92. The van der Waals surface area contributed by atoms with Crippen LogP contribution in [0.15, 0.2) is 29.3 Å². The highest BCUT2D eigenvalue weighted by Crippen LogP contribution is 2.07. The van der Waals surface area contributed by atoms with E-state index in [9.17, 15) is 4.79 Å². The van der Waals surface area contributed by atoms with Gasteiger partial charge in [0.25, 0.3) is 5.91 Å². The number of hydrogen-bond donors (Lipinski definition) is 2. The number of carbonyl (C=O) groups is 1. The fraction of sp³-hybridized carbons (Fsp3) is 0.429. The van der Waals surface area contributed by atoms with Crippen molar-refractivity contribution in [1.29, 1.82) is 0 Å². The number of nitrogens with one attached hydrogen (secondary N) is 2. The minimum Gasteiger partial charge on any atom is -0.352 e. The Kier molecular flexibility index (Phi) is 4.04. The molecule has 1 amide bonds. The van der Waals surface area contributed by atoms with E-state index in [4.69, 9.17) is 0 Å². The normalized spacial score (nSPS) is 17.6. The van der Waals surface area contributed by atoms with E-state index in [2.05, 4.69) is 22.5 Å². The minimum absolute atomic E-state index is 0.0202. The van der Waals surface area contributed by atoms with Crippen LogP contribution in [-0.4, -0.2) is 43.4 Å². The van der Waals surface area contributed by atoms with E-state index < -0.39 is 0 Å². The Morgan fingerprint density at radius 1 is 1.53 bits per heavy atom. The fourth-order valence-electron chi connectivity index (χ4n) is 1.92. The Morgan fingerprint density at radius 3 is 2.95 bits per heavy atom. The molecular weight excluding hydrogens is 240 g/mol. The highest BCUT2D eigenvalue weighted by atomic mass is 16.2. The van der Waals surface area contributed by atoms with E-state index in [0.29, 0.717) is 18.2 Å². The quantitative estimate of drug-likeness (QED) is 0.846. The van der Waals surface area contributed by atoms with Gasteiger partial charge in [0.05, 0.1) is 6.54 Å². The molecule has 102 valence electrons. The predicted octanol–water partition coefficient (Wildman–Crippen LogP) is 0.826. The number of amides is 1. The Balaban J connectivity index is 1.98. The van der Waals surface area contributed by atoms with Crippen LogP contribution < -0.4 is 10.6 Å². The second kappa shape index (κ2) is 5.73. The molecule has 0 radical (unpaired) electrons. The van der Waals surface area contributed by atoms with E-state index in [1.54, 1.807) is 19.0 Å². The molecule has 0 aromatic heterocycles. The summed E-state index contributed by atoms with van der Waals surface area (Å²) >= 11 is 0. The summed E-state index contributed by atoms with van der Waals surface area (Å²) in [6, 6.07) is 8.04. The van der Waals surface area contributed by atoms with Crippen LogP contribution in [0.2, 0.25) is 0 Å². The van der Waals surface area contributed by atoms with Gasteiger partial charge in [0.15, 0.2) is 5.96 Å². The number of benzene rings is 1. The van der Waals surface area contributed by atoms with Crippen LogP contribution in [0.4, 0.5) is 0 Å². The first-order valence-corrected chi connectivity index (χ1v) is 6.41. The molecule has 1 aliphatic rings. The summed E-state index contributed by atoms with van der Waals surface area (Å²) in [5.74, 6) is 0.851. The van der Waals surface area contributed by atoms with Crippen LogP contribution in [0.5, 0.6) is 0 Å². The minimum atomic E-state index is 0.0202. The molecule has 1 aromatic carbocycles. The number of rotatable bonds is 3. The van der Waals surface area contributed by atoms with Crippen LogP contribution in [-0.2, 0) is 6.54 Å². The Hall–Kier alpha value is -2.04. The number of guanidine groups is 1. The first kappa shape index (κ1) is 13.4. The summed E-state index contributed by atoms with van der Waals surface area (Å²) in [5, 5.41) is 6.48. The lowest BCUT2D eigenvalue weighted by molar-refractivity contribution is 0.0827. The maximum Gasteiger partial charge on any atom is 0.253 e. The second-order valence-electron chi connectivity index (χ2n) is 4.99. The molecule has 1 heterocycles. The summed E-state index contributed by atoms with van der Waals surface area (Å²) in [4.78, 5) is 17.8. The summed E-state index contributed by atoms with van der Waals surface area (Å²) in [6.07, 6.45) is 0. The van der Waals surface area contributed by atoms with Crippen molar-refractivity contribution in [3.63, 3.8) is 0 Å². The van der Waals surface area contributed by atoms with Gasteiger partial charge >= 0.3 is 0 Å². The molecule has 1 aliphatic heterocycles. The van der Waals surface area contributed by atoms with Crippen molar-refractivity contribution in [2.24, 2.45) is 4.99 Å². The molecule has 0 bridgehead atoms. The lowest BCUT2D eigenvalue weighted by atomic mass is 10.1. The summed E-state index contributed by atoms with van der Waals surface area (Å²) < 4.78 is 0. The van der Waals surface area contributed by atoms with Crippen molar-refractivity contribution in [3.05, 3.63) is 35.4 Å². The van der Waals surface area contributed by atoms with Gasteiger partial charge in [0.1, 0.15) is 0 Å². The van der Waals surface area contributed by atoms with Gasteiger partial charge in [-0.25, -0.2) is 0 Å². The van der Waals surface area contributed by atoms with Crippen LogP contribution in [0, 0.1) is 0 Å². The molecule has 0 spiro atoms. The lowest BCUT2D eigenvalue weighted by Gasteiger charge is -2.12. The number of hydrogen-bond acceptors (Lipinski definition) is 4. The van der Waals surface area contributed by atoms with Crippen molar-refractivity contribution in [2.75, 3.05) is 20.6 Å². The van der Waals surface area contributed by atoms with Gasteiger partial charge in [0, 0.05) is 32.2 Å². The molecule has 2 N–H and O–H groups in total. The molecule has 1 atom stereocenters. The first-order chi connectivity index (χ1) is 9.06. The Morgan fingerprint density at radius 2 is 2.32 bits per heavy atom. The van der Waals surface area contributed by atoms with E-state index in [1.165, 1.54) is 0 Å². The largest absolute Gasteiger partial charge is 0.352 e. The Bertz CT molecular complexity index is 496. The van der Waals surface area contributed by atoms with Crippen LogP contribution >= 0.6 is 0 Å². The monoisotopic (exact) mass is 260 g/mol. The number of carbonyl (C=O) groups excluding carboxylic acids is 1. The van der Waals surface area contributed by atoms with Crippen molar-refractivity contribution >= 4 is 11.9 Å². The van der Waals surface area contributed by atoms with Gasteiger partial charge in [-0.3, -0.25) is 9.79 Å². The second-order valence-corrected chi connectivity index (χ2v) is 4.99. The Labute approximate surface area is 113 Å². The molecule has 0 saturated heterocycles. The summed E-state index contributed by atoms with van der Waals surface area (Å²) in [7, 11) is 3.51. The van der Waals surface area contributed by atoms with E-state index in [1.807, 2.05) is 24.3 Å². The average Bonchev–Trinajstić information content (AvgIpc) is 2.81. The SMILES string of the molecule is CC1CN=C(NCc2cccc(C(=O)N(C)C)c2)N1. The molecule has 0 saturated carbocycles. The molecule has 0 aliphatic carbocycles. The maximum atomic E-state index is 11.9.